The van der Waals surface area contributed by atoms with E-state index in [2.05, 4.69) is 0 Å². The molecule has 12 heteroatoms. The van der Waals surface area contributed by atoms with Crippen LogP contribution in [0.25, 0.3) is 0 Å². The molecule has 1 aliphatic carbocycles. The maximum absolute atomic E-state index is 12.8. The Kier molecular flexibility index (Phi) is 2.54. The third-order valence-corrected chi connectivity index (χ3v) is 2.52. The van der Waals surface area contributed by atoms with Crippen LogP contribution in [0.5, 0.6) is 0 Å². The lowest BCUT2D eigenvalue weighted by atomic mass is 9.60. The summed E-state index contributed by atoms with van der Waals surface area (Å²) in [6.07, 6.45) is -14.4. The van der Waals surface area contributed by atoms with Gasteiger partial charge in [-0.3, -0.25) is 0 Å². The molecule has 1 saturated carbocycles. The lowest BCUT2D eigenvalue weighted by Gasteiger charge is -2.58. The molecule has 0 aliphatic heterocycles. The van der Waals surface area contributed by atoms with Gasteiger partial charge in [-0.05, 0) is 0 Å². The maximum Gasteiger partial charge on any atom is 0.432 e. The van der Waals surface area contributed by atoms with Crippen molar-refractivity contribution in [2.45, 2.75) is 35.5 Å². The Morgan fingerprint density at radius 1 is 0.444 bits per heavy atom. The first kappa shape index (κ1) is 15.2. The van der Waals surface area contributed by atoms with Crippen molar-refractivity contribution in [2.75, 3.05) is 0 Å². The molecule has 108 valence electrons. The number of hydrogen-bond donors (Lipinski definition) is 0. The Morgan fingerprint density at radius 3 is 0.722 bits per heavy atom. The second-order valence-corrected chi connectivity index (χ2v) is 3.46. The van der Waals surface area contributed by atoms with Crippen LogP contribution < -0.4 is 0 Å². The topological polar surface area (TPSA) is 0 Å². The molecular weight excluding hydrogens is 300 g/mol. The normalized spacial score (nSPS) is 39.3. The highest BCUT2D eigenvalue weighted by Gasteiger charge is 3.10. The van der Waals surface area contributed by atoms with Gasteiger partial charge in [0.2, 0.25) is 0 Å². The van der Waals surface area contributed by atoms with Crippen molar-refractivity contribution in [3.05, 3.63) is 0 Å². The van der Waals surface area contributed by atoms with Crippen molar-refractivity contribution in [1.82, 2.24) is 0 Å². The van der Waals surface area contributed by atoms with Crippen LogP contribution in [0.1, 0.15) is 0 Å². The van der Waals surface area contributed by atoms with E-state index in [9.17, 15) is 52.7 Å². The molecule has 0 radical (unpaired) electrons. The predicted molar refractivity (Wildman–Crippen MR) is 29.7 cm³/mol. The van der Waals surface area contributed by atoms with E-state index in [0.717, 1.165) is 0 Å². The third-order valence-electron chi connectivity index (χ3n) is 2.52. The van der Waals surface area contributed by atoms with Crippen LogP contribution in [-0.2, 0) is 0 Å². The first-order valence-electron chi connectivity index (χ1n) is 3.77. The molecule has 1 fully saturated rings. The highest BCUT2D eigenvalue weighted by Crippen LogP contribution is 2.76. The minimum Gasteiger partial charge on any atom is -0.222 e. The van der Waals surface area contributed by atoms with E-state index >= 15 is 0 Å². The van der Waals surface area contributed by atoms with Crippen molar-refractivity contribution in [2.24, 2.45) is 0 Å². The summed E-state index contributed by atoms with van der Waals surface area (Å²) in [5, 5.41) is 0. The summed E-state index contributed by atoms with van der Waals surface area (Å²) in [5.41, 5.74) is -14.1. The SMILES string of the molecule is FC(F)(F)[C@@]1(F)C(F)(F)C(F)(F)[C@@]1(F)C(F)(F)F. The molecule has 18 heavy (non-hydrogen) atoms. The average molecular weight is 300 g/mol. The van der Waals surface area contributed by atoms with Gasteiger partial charge in [0.05, 0.1) is 0 Å². The van der Waals surface area contributed by atoms with Crippen LogP contribution in [0, 0.1) is 0 Å². The molecule has 0 bridgehead atoms. The highest BCUT2D eigenvalue weighted by molar-refractivity contribution is 5.36. The summed E-state index contributed by atoms with van der Waals surface area (Å²) in [7, 11) is 0. The Bertz CT molecular complexity index is 326. The minimum absolute atomic E-state index is 6.87. The van der Waals surface area contributed by atoms with Crippen molar-refractivity contribution in [3.63, 3.8) is 0 Å². The first-order valence-corrected chi connectivity index (χ1v) is 3.77. The summed E-state index contributed by atoms with van der Waals surface area (Å²) in [6, 6.07) is 0. The van der Waals surface area contributed by atoms with E-state index in [0.29, 0.717) is 0 Å². The van der Waals surface area contributed by atoms with E-state index < -0.39 is 35.5 Å². The Morgan fingerprint density at radius 2 is 0.611 bits per heavy atom. The molecule has 2 atom stereocenters. The predicted octanol–water partition coefficient (Wildman–Crippen LogP) is 3.81. The fraction of sp³-hybridized carbons (Fsp3) is 1.00. The van der Waals surface area contributed by atoms with Gasteiger partial charge in [0.1, 0.15) is 0 Å². The van der Waals surface area contributed by atoms with Gasteiger partial charge in [-0.1, -0.05) is 0 Å². The van der Waals surface area contributed by atoms with Crippen molar-refractivity contribution >= 4 is 0 Å². The molecule has 0 amide bonds. The van der Waals surface area contributed by atoms with E-state index in [1.54, 1.807) is 0 Å². The quantitative estimate of drug-likeness (QED) is 0.597. The summed E-state index contributed by atoms with van der Waals surface area (Å²) in [4.78, 5) is 0. The smallest absolute Gasteiger partial charge is 0.222 e. The summed E-state index contributed by atoms with van der Waals surface area (Å²) in [6.45, 7) is 0. The number of rotatable bonds is 0. The molecule has 1 aliphatic rings. The van der Waals surface area contributed by atoms with Crippen LogP contribution in [0.15, 0.2) is 0 Å². The lowest BCUT2D eigenvalue weighted by molar-refractivity contribution is -0.531. The van der Waals surface area contributed by atoms with Gasteiger partial charge in [-0.25, -0.2) is 8.78 Å². The van der Waals surface area contributed by atoms with Gasteiger partial charge in [0, 0.05) is 0 Å². The molecule has 0 spiro atoms. The third kappa shape index (κ3) is 1.08. The Hall–Kier alpha value is -0.840. The monoisotopic (exact) mass is 300 g/mol. The number of alkyl halides is 12. The molecule has 0 aromatic rings. The van der Waals surface area contributed by atoms with E-state index in [1.165, 1.54) is 0 Å². The first-order chi connectivity index (χ1) is 7.50. The van der Waals surface area contributed by atoms with Gasteiger partial charge in [0.25, 0.3) is 0 Å². The van der Waals surface area contributed by atoms with Crippen LogP contribution in [0.2, 0.25) is 0 Å². The highest BCUT2D eigenvalue weighted by atomic mass is 19.4. The van der Waals surface area contributed by atoms with E-state index in [1.807, 2.05) is 0 Å². The molecular formula is C6F12. The van der Waals surface area contributed by atoms with Crippen LogP contribution in [0.3, 0.4) is 0 Å². The Labute approximate surface area is 89.5 Å². The summed E-state index contributed by atoms with van der Waals surface area (Å²) < 4.78 is 146. The molecule has 0 heterocycles. The lowest BCUT2D eigenvalue weighted by Crippen LogP contribution is -2.93. The van der Waals surface area contributed by atoms with Gasteiger partial charge >= 0.3 is 35.5 Å². The summed E-state index contributed by atoms with van der Waals surface area (Å²) in [5.74, 6) is -13.7. The van der Waals surface area contributed by atoms with Gasteiger partial charge in [-0.15, -0.1) is 0 Å². The van der Waals surface area contributed by atoms with Crippen molar-refractivity contribution in [1.29, 1.82) is 0 Å². The van der Waals surface area contributed by atoms with Crippen LogP contribution >= 0.6 is 0 Å². The molecule has 0 saturated heterocycles. The van der Waals surface area contributed by atoms with Crippen molar-refractivity contribution < 1.29 is 52.7 Å². The fourth-order valence-electron chi connectivity index (χ4n) is 1.55. The van der Waals surface area contributed by atoms with E-state index in [-0.39, 0.29) is 0 Å². The van der Waals surface area contributed by atoms with Gasteiger partial charge in [-0.2, -0.15) is 43.9 Å². The standard InChI is InChI=1S/C6F12/c7-1(5(13,14)15)2(8,6(16,17)18)4(11,12)3(1,9)10/t1-,2+. The molecule has 1 rings (SSSR count). The van der Waals surface area contributed by atoms with Crippen LogP contribution in [0.4, 0.5) is 52.7 Å². The zero-order valence-corrected chi connectivity index (χ0v) is 7.54. The average Bonchev–Trinajstić information content (AvgIpc) is 2.10. The molecule has 0 aromatic heterocycles. The second-order valence-electron chi connectivity index (χ2n) is 3.46. The molecule has 0 unspecified atom stereocenters. The number of halogens is 12. The molecule has 0 aromatic carbocycles. The zero-order valence-electron chi connectivity index (χ0n) is 7.54. The molecule has 0 nitrogen and oxygen atoms in total. The summed E-state index contributed by atoms with van der Waals surface area (Å²) >= 11 is 0. The Balaban J connectivity index is 3.61. The van der Waals surface area contributed by atoms with Gasteiger partial charge in [0.15, 0.2) is 0 Å². The van der Waals surface area contributed by atoms with Crippen LogP contribution in [-0.4, -0.2) is 35.5 Å². The zero-order chi connectivity index (χ0) is 15.0. The van der Waals surface area contributed by atoms with Crippen molar-refractivity contribution in [3.8, 4) is 0 Å². The fourth-order valence-corrected chi connectivity index (χ4v) is 1.55. The maximum atomic E-state index is 12.8. The number of hydrogen-bond acceptors (Lipinski definition) is 0. The second kappa shape index (κ2) is 3.00. The van der Waals surface area contributed by atoms with Gasteiger partial charge < -0.3 is 0 Å². The largest absolute Gasteiger partial charge is 0.432 e. The minimum atomic E-state index is -7.18. The molecule has 0 N–H and O–H groups in total. The van der Waals surface area contributed by atoms with E-state index in [4.69, 9.17) is 0 Å².